The molecule has 4 heteroatoms. The van der Waals surface area contributed by atoms with Gasteiger partial charge < -0.3 is 14.6 Å². The SMILES string of the molecule is CC1CC2OC(=O)C(O)=C2CC23OC2(C)CCC13. The summed E-state index contributed by atoms with van der Waals surface area (Å²) >= 11 is 0. The number of carbonyl (C=O) groups excluding carboxylic acids is 1. The number of fused-ring (bicyclic) bond motifs is 1. The average molecular weight is 250 g/mol. The number of carbonyl (C=O) groups is 1. The fraction of sp³-hybridized carbons (Fsp3) is 0.786. The highest BCUT2D eigenvalue weighted by Gasteiger charge is 2.75. The predicted octanol–water partition coefficient (Wildman–Crippen LogP) is 2.09. The van der Waals surface area contributed by atoms with Gasteiger partial charge in [0.15, 0.2) is 0 Å². The summed E-state index contributed by atoms with van der Waals surface area (Å²) in [5.41, 5.74) is 0.595. The minimum Gasteiger partial charge on any atom is -0.502 e. The number of rotatable bonds is 0. The third-order valence-electron chi connectivity index (χ3n) is 5.65. The fourth-order valence-electron chi connectivity index (χ4n) is 4.58. The molecule has 98 valence electrons. The number of esters is 1. The summed E-state index contributed by atoms with van der Waals surface area (Å²) in [6.45, 7) is 4.38. The largest absolute Gasteiger partial charge is 0.502 e. The highest BCUT2D eigenvalue weighted by Crippen LogP contribution is 2.68. The Labute approximate surface area is 106 Å². The van der Waals surface area contributed by atoms with Crippen LogP contribution in [0.25, 0.3) is 0 Å². The van der Waals surface area contributed by atoms with E-state index in [1.165, 1.54) is 6.42 Å². The first-order chi connectivity index (χ1) is 8.47. The third-order valence-corrected chi connectivity index (χ3v) is 5.65. The molecule has 2 aliphatic carbocycles. The lowest BCUT2D eigenvalue weighted by molar-refractivity contribution is -0.142. The van der Waals surface area contributed by atoms with Crippen molar-refractivity contribution in [2.45, 2.75) is 56.8 Å². The van der Waals surface area contributed by atoms with Crippen molar-refractivity contribution in [3.63, 3.8) is 0 Å². The molecule has 0 aromatic carbocycles. The molecule has 2 aliphatic heterocycles. The van der Waals surface area contributed by atoms with E-state index in [1.807, 2.05) is 0 Å². The van der Waals surface area contributed by atoms with Crippen molar-refractivity contribution in [3.8, 4) is 0 Å². The normalized spacial score (nSPS) is 53.4. The first kappa shape index (κ1) is 10.9. The Balaban J connectivity index is 1.79. The number of hydrogen-bond acceptors (Lipinski definition) is 4. The average Bonchev–Trinajstić information content (AvgIpc) is 2.72. The first-order valence-electron chi connectivity index (χ1n) is 6.80. The monoisotopic (exact) mass is 250 g/mol. The number of ether oxygens (including phenoxy) is 2. The van der Waals surface area contributed by atoms with E-state index in [-0.39, 0.29) is 23.1 Å². The van der Waals surface area contributed by atoms with Crippen LogP contribution in [0.2, 0.25) is 0 Å². The zero-order valence-electron chi connectivity index (χ0n) is 10.7. The second-order valence-electron chi connectivity index (χ2n) is 6.53. The third kappa shape index (κ3) is 1.04. The Morgan fingerprint density at radius 1 is 1.44 bits per heavy atom. The van der Waals surface area contributed by atoms with Gasteiger partial charge in [-0.3, -0.25) is 0 Å². The van der Waals surface area contributed by atoms with Crippen LogP contribution in [0.4, 0.5) is 0 Å². The summed E-state index contributed by atoms with van der Waals surface area (Å²) in [6.07, 6.45) is 3.54. The Morgan fingerprint density at radius 3 is 2.94 bits per heavy atom. The smallest absolute Gasteiger partial charge is 0.374 e. The van der Waals surface area contributed by atoms with Crippen LogP contribution in [0, 0.1) is 11.8 Å². The molecule has 5 atom stereocenters. The standard InChI is InChI=1S/C14H18O4/c1-7-5-10-8(11(15)12(16)17-10)6-14-9(7)3-4-13(14,2)18-14/h7,9-10,15H,3-6H2,1-2H3. The van der Waals surface area contributed by atoms with Crippen LogP contribution in [-0.4, -0.2) is 28.4 Å². The van der Waals surface area contributed by atoms with Gasteiger partial charge in [-0.15, -0.1) is 0 Å². The topological polar surface area (TPSA) is 59.1 Å². The molecule has 4 nitrogen and oxygen atoms in total. The fourth-order valence-corrected chi connectivity index (χ4v) is 4.58. The van der Waals surface area contributed by atoms with Crippen LogP contribution in [0.1, 0.15) is 39.5 Å². The minimum absolute atomic E-state index is 0.0419. The van der Waals surface area contributed by atoms with Crippen LogP contribution in [0.15, 0.2) is 11.3 Å². The molecule has 2 heterocycles. The molecule has 18 heavy (non-hydrogen) atoms. The highest BCUT2D eigenvalue weighted by atomic mass is 16.6. The molecule has 3 fully saturated rings. The van der Waals surface area contributed by atoms with Gasteiger partial charge in [-0.05, 0) is 38.0 Å². The second-order valence-corrected chi connectivity index (χ2v) is 6.53. The molecular formula is C14H18O4. The van der Waals surface area contributed by atoms with Crippen molar-refractivity contribution < 1.29 is 19.4 Å². The lowest BCUT2D eigenvalue weighted by Crippen LogP contribution is -2.28. The molecule has 0 bridgehead atoms. The summed E-state index contributed by atoms with van der Waals surface area (Å²) < 4.78 is 11.3. The zero-order chi connectivity index (χ0) is 12.7. The van der Waals surface area contributed by atoms with Crippen LogP contribution in [0.3, 0.4) is 0 Å². The molecule has 1 saturated heterocycles. The summed E-state index contributed by atoms with van der Waals surface area (Å²) in [7, 11) is 0. The Kier molecular flexibility index (Phi) is 1.76. The van der Waals surface area contributed by atoms with Gasteiger partial charge >= 0.3 is 5.97 Å². The Morgan fingerprint density at radius 2 is 2.22 bits per heavy atom. The van der Waals surface area contributed by atoms with Gasteiger partial charge in [0.2, 0.25) is 5.76 Å². The van der Waals surface area contributed by atoms with Crippen molar-refractivity contribution in [1.82, 2.24) is 0 Å². The van der Waals surface area contributed by atoms with Crippen LogP contribution < -0.4 is 0 Å². The van der Waals surface area contributed by atoms with Gasteiger partial charge in [0.05, 0.1) is 5.60 Å². The number of epoxide rings is 1. The molecule has 1 N–H and O–H groups in total. The molecule has 5 unspecified atom stereocenters. The number of aliphatic hydroxyl groups excluding tert-OH is 1. The molecule has 0 amide bonds. The quantitative estimate of drug-likeness (QED) is 0.528. The molecule has 0 aromatic rings. The molecule has 0 aromatic heterocycles. The molecular weight excluding hydrogens is 232 g/mol. The molecule has 1 spiro atoms. The van der Waals surface area contributed by atoms with Crippen molar-refractivity contribution in [2.24, 2.45) is 11.8 Å². The number of hydrogen-bond donors (Lipinski definition) is 1. The summed E-state index contributed by atoms with van der Waals surface area (Å²) in [6, 6.07) is 0. The minimum atomic E-state index is -0.558. The van der Waals surface area contributed by atoms with E-state index in [0.29, 0.717) is 18.3 Å². The van der Waals surface area contributed by atoms with Crippen molar-refractivity contribution in [3.05, 3.63) is 11.3 Å². The van der Waals surface area contributed by atoms with Crippen LogP contribution >= 0.6 is 0 Å². The molecule has 0 radical (unpaired) electrons. The molecule has 4 aliphatic rings. The second kappa shape index (κ2) is 2.93. The van der Waals surface area contributed by atoms with Crippen LogP contribution in [0.5, 0.6) is 0 Å². The maximum atomic E-state index is 11.5. The maximum Gasteiger partial charge on any atom is 0.374 e. The van der Waals surface area contributed by atoms with Crippen LogP contribution in [-0.2, 0) is 14.3 Å². The van der Waals surface area contributed by atoms with E-state index < -0.39 is 5.97 Å². The van der Waals surface area contributed by atoms with E-state index in [1.54, 1.807) is 0 Å². The van der Waals surface area contributed by atoms with E-state index in [2.05, 4.69) is 13.8 Å². The van der Waals surface area contributed by atoms with Gasteiger partial charge in [-0.25, -0.2) is 4.79 Å². The van der Waals surface area contributed by atoms with E-state index in [9.17, 15) is 9.90 Å². The van der Waals surface area contributed by atoms with Crippen molar-refractivity contribution in [2.75, 3.05) is 0 Å². The molecule has 2 saturated carbocycles. The molecule has 4 rings (SSSR count). The predicted molar refractivity (Wildman–Crippen MR) is 62.9 cm³/mol. The first-order valence-corrected chi connectivity index (χ1v) is 6.80. The maximum absolute atomic E-state index is 11.5. The summed E-state index contributed by atoms with van der Waals surface area (Å²) in [4.78, 5) is 11.5. The van der Waals surface area contributed by atoms with E-state index >= 15 is 0 Å². The lowest BCUT2D eigenvalue weighted by atomic mass is 9.80. The van der Waals surface area contributed by atoms with Crippen molar-refractivity contribution >= 4 is 5.97 Å². The lowest BCUT2D eigenvalue weighted by Gasteiger charge is -2.23. The van der Waals surface area contributed by atoms with E-state index in [4.69, 9.17) is 9.47 Å². The van der Waals surface area contributed by atoms with Crippen molar-refractivity contribution in [1.29, 1.82) is 0 Å². The van der Waals surface area contributed by atoms with Gasteiger partial charge in [0.1, 0.15) is 11.7 Å². The zero-order valence-corrected chi connectivity index (χ0v) is 10.7. The van der Waals surface area contributed by atoms with Gasteiger partial charge in [-0.2, -0.15) is 0 Å². The Bertz CT molecular complexity index is 482. The van der Waals surface area contributed by atoms with Gasteiger partial charge in [-0.1, -0.05) is 6.92 Å². The summed E-state index contributed by atoms with van der Waals surface area (Å²) in [5.74, 6) is 0.284. The Hall–Kier alpha value is -1.03. The number of aliphatic hydroxyl groups is 1. The van der Waals surface area contributed by atoms with Gasteiger partial charge in [0, 0.05) is 12.0 Å². The summed E-state index contributed by atoms with van der Waals surface area (Å²) in [5, 5.41) is 9.89. The van der Waals surface area contributed by atoms with Gasteiger partial charge in [0.25, 0.3) is 0 Å². The highest BCUT2D eigenvalue weighted by molar-refractivity contribution is 5.89. The van der Waals surface area contributed by atoms with E-state index in [0.717, 1.165) is 18.4 Å².